The number of ketones is 1. The third-order valence-electron chi connectivity index (χ3n) is 5.90. The van der Waals surface area contributed by atoms with Crippen molar-refractivity contribution in [1.29, 1.82) is 5.26 Å². The molecule has 0 aromatic heterocycles. The molecule has 4 aromatic rings. The molecule has 0 N–H and O–H groups in total. The number of nitrogens with zero attached hydrogens (tertiary/aromatic N) is 3. The monoisotopic (exact) mass is 449 g/mol. The number of para-hydroxylation sites is 2. The quantitative estimate of drug-likeness (QED) is 0.183. The van der Waals surface area contributed by atoms with Crippen LogP contribution in [0.3, 0.4) is 0 Å². The van der Waals surface area contributed by atoms with Crippen LogP contribution >= 0.6 is 0 Å². The van der Waals surface area contributed by atoms with E-state index in [0.29, 0.717) is 22.3 Å². The molecule has 4 nitrogen and oxygen atoms in total. The third kappa shape index (κ3) is 4.02. The van der Waals surface area contributed by atoms with E-state index in [1.807, 2.05) is 72.8 Å². The van der Waals surface area contributed by atoms with E-state index in [1.54, 1.807) is 24.3 Å². The molecule has 0 saturated heterocycles. The summed E-state index contributed by atoms with van der Waals surface area (Å²) in [5.41, 5.74) is 5.70. The smallest absolute Gasteiger partial charge is 0.270 e. The van der Waals surface area contributed by atoms with Gasteiger partial charge in [0.25, 0.3) is 5.70 Å². The van der Waals surface area contributed by atoms with Crippen LogP contribution in [0.15, 0.2) is 120 Å². The Hall–Kier alpha value is -5.19. The Kier molecular flexibility index (Phi) is 5.78. The van der Waals surface area contributed by atoms with Crippen molar-refractivity contribution < 1.29 is 4.79 Å². The van der Waals surface area contributed by atoms with E-state index in [2.05, 4.69) is 34.0 Å². The van der Waals surface area contributed by atoms with Crippen LogP contribution < -0.4 is 4.90 Å². The normalized spacial score (nSPS) is 14.7. The first kappa shape index (κ1) is 21.6. The molecule has 0 spiro atoms. The molecule has 0 saturated carbocycles. The van der Waals surface area contributed by atoms with Gasteiger partial charge in [-0.1, -0.05) is 72.8 Å². The van der Waals surface area contributed by atoms with Crippen LogP contribution in [0.4, 0.5) is 17.1 Å². The summed E-state index contributed by atoms with van der Waals surface area (Å²) in [6, 6.07) is 37.2. The van der Waals surface area contributed by atoms with Gasteiger partial charge in [-0.2, -0.15) is 0 Å². The number of carbonyl (C=O) groups excluding carboxylic acids is 1. The van der Waals surface area contributed by atoms with E-state index in [1.165, 1.54) is 0 Å². The highest BCUT2D eigenvalue weighted by atomic mass is 16.1. The molecule has 0 aliphatic heterocycles. The largest absolute Gasteiger partial charge is 0.311 e. The van der Waals surface area contributed by atoms with Crippen LogP contribution in [0, 0.1) is 17.9 Å². The number of allylic oxidation sites excluding steroid dienone is 3. The minimum atomic E-state index is -0.175. The highest BCUT2D eigenvalue weighted by Crippen LogP contribution is 2.40. The summed E-state index contributed by atoms with van der Waals surface area (Å²) in [5, 5.41) is 9.53. The Bertz CT molecular complexity index is 1500. The molecule has 0 fully saturated rings. The molecular weight excluding hydrogens is 430 g/mol. The summed E-state index contributed by atoms with van der Waals surface area (Å²) in [6.45, 7) is 7.44. The molecule has 35 heavy (non-hydrogen) atoms. The van der Waals surface area contributed by atoms with Gasteiger partial charge in [-0.25, -0.2) is 10.1 Å². The molecule has 0 unspecified atom stereocenters. The SMILES string of the molecule is [C-]#[N+]C(C#N)=C1C(=Cc2ccc(N(c3ccccc3)c3ccccc3)cc2)C(=O)c2ccccc21. The Balaban J connectivity index is 1.58. The molecule has 5 rings (SSSR count). The minimum Gasteiger partial charge on any atom is -0.311 e. The van der Waals surface area contributed by atoms with Gasteiger partial charge in [-0.3, -0.25) is 4.79 Å². The van der Waals surface area contributed by atoms with E-state index in [4.69, 9.17) is 6.57 Å². The Morgan fingerprint density at radius 2 is 1.26 bits per heavy atom. The van der Waals surface area contributed by atoms with E-state index in [9.17, 15) is 10.1 Å². The summed E-state index contributed by atoms with van der Waals surface area (Å²) in [6.07, 6.45) is 1.76. The molecule has 0 atom stereocenters. The van der Waals surface area contributed by atoms with Crippen molar-refractivity contribution in [3.8, 4) is 6.07 Å². The summed E-state index contributed by atoms with van der Waals surface area (Å²) in [4.78, 5) is 18.7. The van der Waals surface area contributed by atoms with Crippen molar-refractivity contribution in [2.45, 2.75) is 0 Å². The van der Waals surface area contributed by atoms with Gasteiger partial charge in [0.05, 0.1) is 12.6 Å². The fraction of sp³-hybridized carbons (Fsp3) is 0. The van der Waals surface area contributed by atoms with Gasteiger partial charge < -0.3 is 4.90 Å². The number of anilines is 3. The van der Waals surface area contributed by atoms with E-state index < -0.39 is 0 Å². The number of carbonyl (C=O) groups is 1. The predicted molar refractivity (Wildman–Crippen MR) is 139 cm³/mol. The second-order valence-corrected chi connectivity index (χ2v) is 7.98. The fourth-order valence-electron chi connectivity index (χ4n) is 4.32. The van der Waals surface area contributed by atoms with E-state index >= 15 is 0 Å². The lowest BCUT2D eigenvalue weighted by atomic mass is 10.0. The number of rotatable bonds is 4. The summed E-state index contributed by atoms with van der Waals surface area (Å²) >= 11 is 0. The van der Waals surface area contributed by atoms with Gasteiger partial charge in [0.1, 0.15) is 0 Å². The van der Waals surface area contributed by atoms with Gasteiger partial charge in [0.2, 0.25) is 0 Å². The molecule has 0 amide bonds. The zero-order valence-electron chi connectivity index (χ0n) is 18.7. The van der Waals surface area contributed by atoms with Gasteiger partial charge in [-0.15, -0.1) is 0 Å². The first-order chi connectivity index (χ1) is 17.2. The van der Waals surface area contributed by atoms with Gasteiger partial charge in [0, 0.05) is 33.8 Å². The second kappa shape index (κ2) is 9.35. The van der Waals surface area contributed by atoms with Crippen LogP contribution in [0.2, 0.25) is 0 Å². The van der Waals surface area contributed by atoms with Crippen LogP contribution in [0.5, 0.6) is 0 Å². The van der Waals surface area contributed by atoms with E-state index in [0.717, 1.165) is 22.6 Å². The summed E-state index contributed by atoms with van der Waals surface area (Å²) in [5.74, 6) is -0.175. The minimum absolute atomic E-state index is 0.0782. The molecule has 0 bridgehead atoms. The molecule has 0 radical (unpaired) electrons. The van der Waals surface area contributed by atoms with Crippen molar-refractivity contribution in [2.24, 2.45) is 0 Å². The van der Waals surface area contributed by atoms with Gasteiger partial charge >= 0.3 is 0 Å². The maximum absolute atomic E-state index is 13.2. The molecular formula is C31H19N3O. The highest BCUT2D eigenvalue weighted by molar-refractivity contribution is 6.29. The van der Waals surface area contributed by atoms with Crippen LogP contribution in [0.25, 0.3) is 16.5 Å². The molecule has 4 aromatic carbocycles. The third-order valence-corrected chi connectivity index (χ3v) is 5.90. The lowest BCUT2D eigenvalue weighted by molar-refractivity contribution is 0.104. The van der Waals surface area contributed by atoms with Crippen molar-refractivity contribution in [3.63, 3.8) is 0 Å². The molecule has 1 aliphatic rings. The Morgan fingerprint density at radius 1 is 0.743 bits per heavy atom. The molecule has 1 aliphatic carbocycles. The molecule has 0 heterocycles. The fourth-order valence-corrected chi connectivity index (χ4v) is 4.32. The van der Waals surface area contributed by atoms with E-state index in [-0.39, 0.29) is 11.5 Å². The average Bonchev–Trinajstić information content (AvgIpc) is 3.19. The summed E-state index contributed by atoms with van der Waals surface area (Å²) in [7, 11) is 0. The van der Waals surface area contributed by atoms with Gasteiger partial charge in [-0.05, 0) is 53.6 Å². The maximum atomic E-state index is 13.2. The van der Waals surface area contributed by atoms with Crippen LogP contribution in [-0.4, -0.2) is 5.78 Å². The van der Waals surface area contributed by atoms with Crippen molar-refractivity contribution in [3.05, 3.63) is 149 Å². The summed E-state index contributed by atoms with van der Waals surface area (Å²) < 4.78 is 0. The second-order valence-electron chi connectivity index (χ2n) is 7.98. The first-order valence-electron chi connectivity index (χ1n) is 11.1. The van der Waals surface area contributed by atoms with Crippen molar-refractivity contribution >= 4 is 34.5 Å². The van der Waals surface area contributed by atoms with Crippen LogP contribution in [0.1, 0.15) is 21.5 Å². The molecule has 164 valence electrons. The Morgan fingerprint density at radius 3 is 1.80 bits per heavy atom. The maximum Gasteiger partial charge on any atom is 0.270 e. The number of benzene rings is 4. The zero-order chi connectivity index (χ0) is 24.2. The predicted octanol–water partition coefficient (Wildman–Crippen LogP) is 7.59. The number of fused-ring (bicyclic) bond motifs is 1. The number of nitriles is 1. The molecule has 4 heteroatoms. The topological polar surface area (TPSA) is 48.5 Å². The number of hydrogen-bond donors (Lipinski definition) is 0. The average molecular weight is 450 g/mol. The van der Waals surface area contributed by atoms with Crippen LogP contribution in [-0.2, 0) is 0 Å². The number of Topliss-reactive ketones (excluding diaryl/α,β-unsaturated/α-hetero) is 1. The van der Waals surface area contributed by atoms with Gasteiger partial charge in [0.15, 0.2) is 5.78 Å². The van der Waals surface area contributed by atoms with Crippen molar-refractivity contribution in [2.75, 3.05) is 4.90 Å². The first-order valence-corrected chi connectivity index (χ1v) is 11.1. The highest BCUT2D eigenvalue weighted by Gasteiger charge is 2.31. The lowest BCUT2D eigenvalue weighted by Crippen LogP contribution is -2.09. The standard InChI is InChI=1S/C31H19N3O/c1-33-29(21-32)30-26-14-8-9-15-27(26)31(35)28(30)20-22-16-18-25(19-17-22)34(23-10-4-2-5-11-23)24-12-6-3-7-13-24/h2-20H. The zero-order valence-corrected chi connectivity index (χ0v) is 18.7. The Labute approximate surface area is 204 Å². The lowest BCUT2D eigenvalue weighted by Gasteiger charge is -2.25. The number of hydrogen-bond acceptors (Lipinski definition) is 3. The van der Waals surface area contributed by atoms with Crippen molar-refractivity contribution in [1.82, 2.24) is 0 Å².